The molecule has 0 amide bonds. The molecule has 0 aliphatic heterocycles. The summed E-state index contributed by atoms with van der Waals surface area (Å²) in [5, 5.41) is 0. The Bertz CT molecular complexity index is 495. The van der Waals surface area contributed by atoms with Crippen LogP contribution < -0.4 is 5.73 Å². The Balaban J connectivity index is 0.000000853. The number of anilines is 1. The molecule has 0 heterocycles. The molecule has 2 aliphatic rings. The van der Waals surface area contributed by atoms with Gasteiger partial charge in [0.2, 0.25) is 0 Å². The minimum Gasteiger partial charge on any atom is -0.398 e. The Kier molecular flexibility index (Phi) is 1.42. The maximum absolute atomic E-state index is 5.93. The summed E-state index contributed by atoms with van der Waals surface area (Å²) in [4.78, 5) is 0. The molecule has 0 atom stereocenters. The van der Waals surface area contributed by atoms with Crippen molar-refractivity contribution in [2.75, 3.05) is 5.73 Å². The zero-order valence-electron chi connectivity index (χ0n) is 8.83. The van der Waals surface area contributed by atoms with Crippen LogP contribution in [0.4, 0.5) is 5.69 Å². The summed E-state index contributed by atoms with van der Waals surface area (Å²) in [5.74, 6) is 0. The van der Waals surface area contributed by atoms with Gasteiger partial charge in [-0.05, 0) is 35.3 Å². The van der Waals surface area contributed by atoms with Gasteiger partial charge in [-0.1, -0.05) is 30.4 Å². The van der Waals surface area contributed by atoms with E-state index in [2.05, 4.69) is 30.4 Å². The SMILES string of the molecule is Nc1cccc2c1C=C1CC=CC=C12.[H+]. The summed E-state index contributed by atoms with van der Waals surface area (Å²) in [7, 11) is 0. The lowest BCUT2D eigenvalue weighted by atomic mass is 9.97. The third-order valence-electron chi connectivity index (χ3n) is 2.83. The van der Waals surface area contributed by atoms with Crippen LogP contribution >= 0.6 is 0 Å². The zero-order valence-corrected chi connectivity index (χ0v) is 7.83. The Hall–Kier alpha value is -1.76. The predicted octanol–water partition coefficient (Wildman–Crippen LogP) is 3.12. The van der Waals surface area contributed by atoms with Gasteiger partial charge in [-0.2, -0.15) is 0 Å². The Labute approximate surface area is 84.7 Å². The topological polar surface area (TPSA) is 26.0 Å². The van der Waals surface area contributed by atoms with Crippen molar-refractivity contribution in [3.63, 3.8) is 0 Å². The lowest BCUT2D eigenvalue weighted by molar-refractivity contribution is 1.31. The molecule has 14 heavy (non-hydrogen) atoms. The first-order valence-corrected chi connectivity index (χ1v) is 4.83. The Morgan fingerprint density at radius 1 is 1.29 bits per heavy atom. The second kappa shape index (κ2) is 2.61. The van der Waals surface area contributed by atoms with Crippen LogP contribution in [0, 0.1) is 0 Å². The smallest absolute Gasteiger partial charge is 0.398 e. The van der Waals surface area contributed by atoms with E-state index in [0.29, 0.717) is 0 Å². The highest BCUT2D eigenvalue weighted by atomic mass is 14.6. The van der Waals surface area contributed by atoms with Gasteiger partial charge < -0.3 is 5.73 Å². The van der Waals surface area contributed by atoms with E-state index >= 15 is 0 Å². The molecule has 2 N–H and O–H groups in total. The van der Waals surface area contributed by atoms with Crippen molar-refractivity contribution < 1.29 is 1.43 Å². The number of benzene rings is 1. The van der Waals surface area contributed by atoms with Gasteiger partial charge in [0, 0.05) is 11.3 Å². The van der Waals surface area contributed by atoms with E-state index in [1.165, 1.54) is 22.3 Å². The first-order valence-electron chi connectivity index (χ1n) is 4.83. The number of nitrogens with two attached hydrogens (primary N) is 1. The molecule has 1 aromatic carbocycles. The zero-order chi connectivity index (χ0) is 9.54. The second-order valence-corrected chi connectivity index (χ2v) is 3.69. The average molecular weight is 182 g/mol. The number of nitrogen functional groups attached to an aromatic ring is 1. The maximum atomic E-state index is 5.93. The van der Waals surface area contributed by atoms with Gasteiger partial charge in [-0.3, -0.25) is 0 Å². The molecular weight excluding hydrogens is 170 g/mol. The van der Waals surface area contributed by atoms with Crippen LogP contribution in [-0.4, -0.2) is 0 Å². The summed E-state index contributed by atoms with van der Waals surface area (Å²) in [6, 6.07) is 6.12. The highest BCUT2D eigenvalue weighted by Crippen LogP contribution is 2.41. The first-order chi connectivity index (χ1) is 6.86. The molecule has 1 nitrogen and oxygen atoms in total. The van der Waals surface area contributed by atoms with Crippen LogP contribution in [0.3, 0.4) is 0 Å². The Morgan fingerprint density at radius 3 is 3.14 bits per heavy atom. The van der Waals surface area contributed by atoms with Crippen molar-refractivity contribution in [2.24, 2.45) is 0 Å². The van der Waals surface area contributed by atoms with E-state index in [1.807, 2.05) is 12.1 Å². The van der Waals surface area contributed by atoms with Crippen LogP contribution in [0.15, 0.2) is 42.0 Å². The molecule has 1 heteroatoms. The van der Waals surface area contributed by atoms with Gasteiger partial charge in [0.05, 0.1) is 0 Å². The molecule has 0 saturated carbocycles. The summed E-state index contributed by atoms with van der Waals surface area (Å²) in [5.41, 5.74) is 12.0. The molecule has 0 aromatic heterocycles. The second-order valence-electron chi connectivity index (χ2n) is 3.69. The van der Waals surface area contributed by atoms with E-state index in [4.69, 9.17) is 5.73 Å². The number of rotatable bonds is 0. The molecule has 0 unspecified atom stereocenters. The lowest BCUT2D eigenvalue weighted by Crippen LogP contribution is -1.91. The van der Waals surface area contributed by atoms with Crippen molar-refractivity contribution in [3.8, 4) is 0 Å². The minimum atomic E-state index is 0. The van der Waals surface area contributed by atoms with E-state index < -0.39 is 0 Å². The van der Waals surface area contributed by atoms with E-state index in [-0.39, 0.29) is 1.43 Å². The summed E-state index contributed by atoms with van der Waals surface area (Å²) >= 11 is 0. The minimum absolute atomic E-state index is 0. The Morgan fingerprint density at radius 2 is 2.21 bits per heavy atom. The van der Waals surface area contributed by atoms with E-state index in [0.717, 1.165) is 12.1 Å². The fraction of sp³-hybridized carbons (Fsp3) is 0.0769. The summed E-state index contributed by atoms with van der Waals surface area (Å²) < 4.78 is 0. The van der Waals surface area contributed by atoms with Crippen LogP contribution in [-0.2, 0) is 0 Å². The van der Waals surface area contributed by atoms with Gasteiger partial charge >= 0.3 is 1.43 Å². The van der Waals surface area contributed by atoms with Crippen LogP contribution in [0.1, 0.15) is 19.0 Å². The molecule has 0 bridgehead atoms. The maximum Gasteiger partial charge on any atom is 1.00 e. The first kappa shape index (κ1) is 7.63. The normalized spacial score (nSPS) is 17.1. The van der Waals surface area contributed by atoms with Crippen molar-refractivity contribution in [1.29, 1.82) is 0 Å². The van der Waals surface area contributed by atoms with Crippen molar-refractivity contribution in [2.45, 2.75) is 6.42 Å². The molecule has 68 valence electrons. The molecule has 1 aromatic rings. The van der Waals surface area contributed by atoms with E-state index in [9.17, 15) is 0 Å². The molecule has 0 saturated heterocycles. The number of fused-ring (bicyclic) bond motifs is 3. The predicted molar refractivity (Wildman–Crippen MR) is 61.7 cm³/mol. The molecular formula is C13H12N+. The number of hydrogen-bond donors (Lipinski definition) is 1. The van der Waals surface area contributed by atoms with Gasteiger partial charge in [0.15, 0.2) is 0 Å². The molecule has 0 spiro atoms. The van der Waals surface area contributed by atoms with Crippen LogP contribution in [0.5, 0.6) is 0 Å². The van der Waals surface area contributed by atoms with Gasteiger partial charge in [0.1, 0.15) is 0 Å². The van der Waals surface area contributed by atoms with Crippen LogP contribution in [0.25, 0.3) is 11.6 Å². The monoisotopic (exact) mass is 182 g/mol. The quantitative estimate of drug-likeness (QED) is 0.613. The standard InChI is InChI=1S/C13H11N/c14-13-7-3-6-11-10-5-2-1-4-9(10)8-12(11)13/h1-3,5-8H,4,14H2/p+1. The summed E-state index contributed by atoms with van der Waals surface area (Å²) in [6.45, 7) is 0. The molecule has 3 rings (SSSR count). The van der Waals surface area contributed by atoms with Gasteiger partial charge in [-0.15, -0.1) is 0 Å². The van der Waals surface area contributed by atoms with Crippen molar-refractivity contribution in [1.82, 2.24) is 0 Å². The van der Waals surface area contributed by atoms with Crippen molar-refractivity contribution >= 4 is 17.3 Å². The molecule has 0 radical (unpaired) electrons. The number of allylic oxidation sites excluding steroid dienone is 5. The van der Waals surface area contributed by atoms with Gasteiger partial charge in [-0.25, -0.2) is 0 Å². The fourth-order valence-corrected chi connectivity index (χ4v) is 2.13. The number of hydrogen-bond acceptors (Lipinski definition) is 1. The highest BCUT2D eigenvalue weighted by molar-refractivity contribution is 5.98. The van der Waals surface area contributed by atoms with Crippen molar-refractivity contribution in [3.05, 3.63) is 53.1 Å². The third-order valence-corrected chi connectivity index (χ3v) is 2.83. The lowest BCUT2D eigenvalue weighted by Gasteiger charge is -2.08. The fourth-order valence-electron chi connectivity index (χ4n) is 2.13. The average Bonchev–Trinajstić information content (AvgIpc) is 2.59. The van der Waals surface area contributed by atoms with E-state index in [1.54, 1.807) is 0 Å². The third kappa shape index (κ3) is 0.896. The van der Waals surface area contributed by atoms with Crippen LogP contribution in [0.2, 0.25) is 0 Å². The molecule has 0 fully saturated rings. The van der Waals surface area contributed by atoms with Gasteiger partial charge in [0.25, 0.3) is 0 Å². The highest BCUT2D eigenvalue weighted by Gasteiger charge is 2.19. The molecule has 2 aliphatic carbocycles. The summed E-state index contributed by atoms with van der Waals surface area (Å²) in [6.07, 6.45) is 9.70. The largest absolute Gasteiger partial charge is 1.00 e.